The van der Waals surface area contributed by atoms with Crippen LogP contribution in [0.5, 0.6) is 0 Å². The van der Waals surface area contributed by atoms with Crippen molar-refractivity contribution in [3.8, 4) is 0 Å². The van der Waals surface area contributed by atoms with Crippen LogP contribution in [0.15, 0.2) is 83.9 Å². The topological polar surface area (TPSA) is 67.9 Å². The number of rotatable bonds is 5. The SMILES string of the molecule is COCC1(C2(c3ccccc3)N=C(N)N(C)C2=O)C=CC=C(c2ccccc2)C1. The van der Waals surface area contributed by atoms with Gasteiger partial charge in [-0.15, -0.1) is 0 Å². The summed E-state index contributed by atoms with van der Waals surface area (Å²) in [5.41, 5.74) is 7.34. The van der Waals surface area contributed by atoms with Crippen molar-refractivity contribution in [2.24, 2.45) is 16.1 Å². The smallest absolute Gasteiger partial charge is 0.262 e. The zero-order valence-corrected chi connectivity index (χ0v) is 16.7. The van der Waals surface area contributed by atoms with Gasteiger partial charge in [0.1, 0.15) is 0 Å². The molecule has 0 bridgehead atoms. The molecule has 1 aliphatic heterocycles. The van der Waals surface area contributed by atoms with Gasteiger partial charge >= 0.3 is 0 Å². The van der Waals surface area contributed by atoms with Crippen LogP contribution in [-0.2, 0) is 15.1 Å². The molecule has 0 saturated carbocycles. The van der Waals surface area contributed by atoms with Gasteiger partial charge in [0.25, 0.3) is 5.91 Å². The molecule has 0 radical (unpaired) electrons. The molecule has 0 spiro atoms. The Morgan fingerprint density at radius 2 is 1.76 bits per heavy atom. The Kier molecular flexibility index (Phi) is 4.84. The van der Waals surface area contributed by atoms with Crippen LogP contribution in [0.25, 0.3) is 5.57 Å². The maximum atomic E-state index is 13.7. The van der Waals surface area contributed by atoms with E-state index in [-0.39, 0.29) is 11.9 Å². The highest BCUT2D eigenvalue weighted by atomic mass is 16.5. The van der Waals surface area contributed by atoms with Crippen LogP contribution >= 0.6 is 0 Å². The Labute approximate surface area is 171 Å². The molecule has 0 fully saturated rings. The number of allylic oxidation sites excluding steroid dienone is 3. The van der Waals surface area contributed by atoms with Crippen molar-refractivity contribution < 1.29 is 9.53 Å². The van der Waals surface area contributed by atoms with Crippen LogP contribution in [0.2, 0.25) is 0 Å². The third kappa shape index (κ3) is 2.89. The summed E-state index contributed by atoms with van der Waals surface area (Å²) in [5, 5.41) is 0. The van der Waals surface area contributed by atoms with E-state index in [9.17, 15) is 4.79 Å². The molecule has 2 aromatic rings. The maximum Gasteiger partial charge on any atom is 0.262 e. The minimum atomic E-state index is -1.19. The van der Waals surface area contributed by atoms with Crippen LogP contribution < -0.4 is 5.73 Å². The number of carbonyl (C=O) groups excluding carboxylic acids is 1. The number of hydrogen-bond acceptors (Lipinski definition) is 4. The quantitative estimate of drug-likeness (QED) is 0.856. The van der Waals surface area contributed by atoms with E-state index in [0.717, 1.165) is 16.7 Å². The standard InChI is InChI=1S/C24H25N3O2/c1-27-21(28)24(26-22(27)25,20-13-7-4-8-14-20)23(17-29-2)15-9-12-19(16-23)18-10-5-3-6-11-18/h3-15H,16-17H2,1-2H3,(H2,25,26). The molecule has 5 heteroatoms. The fourth-order valence-corrected chi connectivity index (χ4v) is 4.49. The number of benzene rings is 2. The van der Waals surface area contributed by atoms with E-state index < -0.39 is 11.0 Å². The lowest BCUT2D eigenvalue weighted by atomic mass is 9.61. The van der Waals surface area contributed by atoms with Crippen LogP contribution in [0, 0.1) is 5.41 Å². The molecule has 2 N–H and O–H groups in total. The Balaban J connectivity index is 1.92. The summed E-state index contributed by atoms with van der Waals surface area (Å²) in [4.78, 5) is 19.9. The molecule has 2 unspecified atom stereocenters. The molecule has 2 aromatic carbocycles. The van der Waals surface area contributed by atoms with Crippen LogP contribution in [-0.4, -0.2) is 37.5 Å². The van der Waals surface area contributed by atoms with Gasteiger partial charge in [-0.2, -0.15) is 0 Å². The van der Waals surface area contributed by atoms with Crippen molar-refractivity contribution in [2.45, 2.75) is 12.0 Å². The molecule has 1 aliphatic carbocycles. The Morgan fingerprint density at radius 1 is 1.10 bits per heavy atom. The van der Waals surface area contributed by atoms with Gasteiger partial charge in [-0.1, -0.05) is 78.9 Å². The predicted octanol–water partition coefficient (Wildman–Crippen LogP) is 3.34. The van der Waals surface area contributed by atoms with Crippen molar-refractivity contribution in [1.29, 1.82) is 0 Å². The highest BCUT2D eigenvalue weighted by Crippen LogP contribution is 2.54. The number of ether oxygens (including phenoxy) is 1. The number of nitrogens with zero attached hydrogens (tertiary/aromatic N) is 2. The van der Waals surface area contributed by atoms with E-state index in [1.165, 1.54) is 4.90 Å². The molecule has 29 heavy (non-hydrogen) atoms. The molecule has 0 aromatic heterocycles. The Hall–Kier alpha value is -3.18. The third-order valence-corrected chi connectivity index (χ3v) is 5.92. The van der Waals surface area contributed by atoms with Gasteiger partial charge in [-0.05, 0) is 23.1 Å². The molecule has 4 rings (SSSR count). The second kappa shape index (κ2) is 7.33. The lowest BCUT2D eigenvalue weighted by molar-refractivity contribution is -0.136. The van der Waals surface area contributed by atoms with E-state index in [1.807, 2.05) is 54.6 Å². The zero-order chi connectivity index (χ0) is 20.5. The number of hydrogen-bond donors (Lipinski definition) is 1. The first-order valence-electron chi connectivity index (χ1n) is 9.66. The van der Waals surface area contributed by atoms with Crippen LogP contribution in [0.4, 0.5) is 0 Å². The van der Waals surface area contributed by atoms with Crippen LogP contribution in [0.3, 0.4) is 0 Å². The molecule has 1 heterocycles. The van der Waals surface area contributed by atoms with Gasteiger partial charge in [-0.25, -0.2) is 4.99 Å². The number of carbonyl (C=O) groups is 1. The van der Waals surface area contributed by atoms with Gasteiger partial charge < -0.3 is 10.5 Å². The average molecular weight is 387 g/mol. The Bertz CT molecular complexity index is 997. The summed E-state index contributed by atoms with van der Waals surface area (Å²) < 4.78 is 5.69. The van der Waals surface area contributed by atoms with E-state index in [0.29, 0.717) is 13.0 Å². The van der Waals surface area contributed by atoms with Crippen molar-refractivity contribution in [2.75, 3.05) is 20.8 Å². The van der Waals surface area contributed by atoms with Gasteiger partial charge in [0.2, 0.25) is 0 Å². The summed E-state index contributed by atoms with van der Waals surface area (Å²) in [7, 11) is 3.33. The fraction of sp³-hybridized carbons (Fsp3) is 0.250. The first-order valence-corrected chi connectivity index (χ1v) is 9.66. The van der Waals surface area contributed by atoms with E-state index in [1.54, 1.807) is 14.2 Å². The predicted molar refractivity (Wildman–Crippen MR) is 115 cm³/mol. The third-order valence-electron chi connectivity index (χ3n) is 5.92. The molecule has 148 valence electrons. The van der Waals surface area contributed by atoms with Gasteiger partial charge in [0.15, 0.2) is 11.5 Å². The molecule has 1 amide bonds. The zero-order valence-electron chi connectivity index (χ0n) is 16.7. The monoisotopic (exact) mass is 387 g/mol. The van der Waals surface area contributed by atoms with E-state index in [2.05, 4.69) is 24.3 Å². The summed E-state index contributed by atoms with van der Waals surface area (Å²) in [6, 6.07) is 19.9. The highest BCUT2D eigenvalue weighted by molar-refractivity contribution is 6.08. The summed E-state index contributed by atoms with van der Waals surface area (Å²) >= 11 is 0. The normalized spacial score (nSPS) is 26.4. The summed E-state index contributed by atoms with van der Waals surface area (Å²) in [5.74, 6) is 0.0794. The number of nitrogens with two attached hydrogens (primary N) is 1. The minimum absolute atomic E-state index is 0.141. The molecule has 2 aliphatic rings. The minimum Gasteiger partial charge on any atom is -0.384 e. The summed E-state index contributed by atoms with van der Waals surface area (Å²) in [6.07, 6.45) is 6.77. The maximum absolute atomic E-state index is 13.7. The molecular weight excluding hydrogens is 362 g/mol. The number of amides is 1. The van der Waals surface area contributed by atoms with E-state index in [4.69, 9.17) is 15.5 Å². The second-order valence-electron chi connectivity index (χ2n) is 7.59. The van der Waals surface area contributed by atoms with Gasteiger partial charge in [0, 0.05) is 14.2 Å². The molecule has 2 atom stereocenters. The number of methoxy groups -OCH3 is 1. The van der Waals surface area contributed by atoms with Gasteiger partial charge in [0.05, 0.1) is 12.0 Å². The van der Waals surface area contributed by atoms with Crippen molar-refractivity contribution in [1.82, 2.24) is 4.90 Å². The largest absolute Gasteiger partial charge is 0.384 e. The number of guanidine groups is 1. The van der Waals surface area contributed by atoms with Crippen molar-refractivity contribution >= 4 is 17.4 Å². The summed E-state index contributed by atoms with van der Waals surface area (Å²) in [6.45, 7) is 0.332. The van der Waals surface area contributed by atoms with Gasteiger partial charge in [-0.3, -0.25) is 9.69 Å². The van der Waals surface area contributed by atoms with E-state index >= 15 is 0 Å². The fourth-order valence-electron chi connectivity index (χ4n) is 4.49. The molecule has 0 saturated heterocycles. The first-order chi connectivity index (χ1) is 14.0. The number of aliphatic imine (C=N–C) groups is 1. The lowest BCUT2D eigenvalue weighted by Gasteiger charge is -2.45. The molecular formula is C24H25N3O2. The second-order valence-corrected chi connectivity index (χ2v) is 7.59. The first kappa shape index (κ1) is 19.2. The van der Waals surface area contributed by atoms with Crippen molar-refractivity contribution in [3.63, 3.8) is 0 Å². The average Bonchev–Trinajstić information content (AvgIpc) is 3.00. The number of likely N-dealkylation sites (N-methyl/N-ethyl adjacent to an activating group) is 1. The molecule has 5 nitrogen and oxygen atoms in total. The Morgan fingerprint density at radius 3 is 2.34 bits per heavy atom. The van der Waals surface area contributed by atoms with Crippen molar-refractivity contribution in [3.05, 3.63) is 90.0 Å². The van der Waals surface area contributed by atoms with Crippen LogP contribution in [0.1, 0.15) is 17.5 Å². The highest BCUT2D eigenvalue weighted by Gasteiger charge is 2.61. The lowest BCUT2D eigenvalue weighted by Crippen LogP contribution is -2.53.